The predicted molar refractivity (Wildman–Crippen MR) is 81.4 cm³/mol. The Bertz CT molecular complexity index is 447. The molecule has 0 amide bonds. The normalized spacial score (nSPS) is 19.7. The van der Waals surface area contributed by atoms with E-state index in [2.05, 4.69) is 34.7 Å². The molecule has 1 fully saturated rings. The van der Waals surface area contributed by atoms with Crippen molar-refractivity contribution < 1.29 is 4.79 Å². The van der Waals surface area contributed by atoms with Crippen LogP contribution in [-0.4, -0.2) is 40.8 Å². The van der Waals surface area contributed by atoms with Crippen LogP contribution in [0.3, 0.4) is 0 Å². The van der Waals surface area contributed by atoms with Gasteiger partial charge in [-0.15, -0.1) is 0 Å². The van der Waals surface area contributed by atoms with Crippen molar-refractivity contribution in [3.63, 3.8) is 0 Å². The fourth-order valence-electron chi connectivity index (χ4n) is 2.21. The summed E-state index contributed by atoms with van der Waals surface area (Å²) in [7, 11) is 0. The van der Waals surface area contributed by atoms with Crippen LogP contribution in [0.4, 0.5) is 0 Å². The summed E-state index contributed by atoms with van der Waals surface area (Å²) in [5, 5.41) is 0. The minimum atomic E-state index is 0.207. The standard InChI is InChI=1S/C14H18BrNOS/c1-14(2)10-16(6-7-18-14)9-13(17)11-4-3-5-12(15)8-11/h3-5,8H,6-7,9-10H2,1-2H3. The van der Waals surface area contributed by atoms with Crippen LogP contribution in [-0.2, 0) is 0 Å². The van der Waals surface area contributed by atoms with E-state index >= 15 is 0 Å². The molecule has 0 spiro atoms. The molecule has 18 heavy (non-hydrogen) atoms. The van der Waals surface area contributed by atoms with Gasteiger partial charge >= 0.3 is 0 Å². The molecular weight excluding hydrogens is 310 g/mol. The van der Waals surface area contributed by atoms with Gasteiger partial charge in [0.1, 0.15) is 0 Å². The third-order valence-electron chi connectivity index (χ3n) is 3.02. The Hall–Kier alpha value is -0.320. The summed E-state index contributed by atoms with van der Waals surface area (Å²) < 4.78 is 1.22. The van der Waals surface area contributed by atoms with Crippen LogP contribution in [0.1, 0.15) is 24.2 Å². The molecule has 98 valence electrons. The van der Waals surface area contributed by atoms with Gasteiger partial charge in [0.05, 0.1) is 6.54 Å². The highest BCUT2D eigenvalue weighted by molar-refractivity contribution is 9.10. The summed E-state index contributed by atoms with van der Waals surface area (Å²) in [5.41, 5.74) is 0.792. The van der Waals surface area contributed by atoms with Crippen LogP contribution >= 0.6 is 27.7 Å². The van der Waals surface area contributed by atoms with Gasteiger partial charge in [0.15, 0.2) is 5.78 Å². The first kappa shape index (κ1) is 14.1. The van der Waals surface area contributed by atoms with E-state index in [9.17, 15) is 4.79 Å². The maximum absolute atomic E-state index is 12.2. The molecule has 1 aromatic rings. The molecule has 0 unspecified atom stereocenters. The maximum atomic E-state index is 12.2. The highest BCUT2D eigenvalue weighted by Crippen LogP contribution is 2.29. The lowest BCUT2D eigenvalue weighted by atomic mass is 10.1. The fraction of sp³-hybridized carbons (Fsp3) is 0.500. The van der Waals surface area contributed by atoms with Crippen molar-refractivity contribution in [1.29, 1.82) is 0 Å². The number of hydrogen-bond donors (Lipinski definition) is 0. The quantitative estimate of drug-likeness (QED) is 0.793. The van der Waals surface area contributed by atoms with Gasteiger partial charge in [0, 0.05) is 33.6 Å². The van der Waals surface area contributed by atoms with Crippen LogP contribution in [0, 0.1) is 0 Å². The van der Waals surface area contributed by atoms with E-state index in [-0.39, 0.29) is 10.5 Å². The zero-order valence-corrected chi connectivity index (χ0v) is 13.2. The Balaban J connectivity index is 1.99. The fourth-order valence-corrected chi connectivity index (χ4v) is 3.78. The number of nitrogens with zero attached hydrogens (tertiary/aromatic N) is 1. The van der Waals surface area contributed by atoms with E-state index < -0.39 is 0 Å². The van der Waals surface area contributed by atoms with Gasteiger partial charge in [-0.3, -0.25) is 9.69 Å². The van der Waals surface area contributed by atoms with E-state index in [1.807, 2.05) is 36.0 Å². The highest BCUT2D eigenvalue weighted by Gasteiger charge is 2.28. The number of carbonyl (C=O) groups excluding carboxylic acids is 1. The predicted octanol–water partition coefficient (Wildman–Crippen LogP) is 3.46. The molecule has 2 nitrogen and oxygen atoms in total. The lowest BCUT2D eigenvalue weighted by molar-refractivity contribution is 0.0927. The van der Waals surface area contributed by atoms with Gasteiger partial charge in [-0.1, -0.05) is 28.1 Å². The maximum Gasteiger partial charge on any atom is 0.176 e. The van der Waals surface area contributed by atoms with Crippen molar-refractivity contribution in [2.45, 2.75) is 18.6 Å². The van der Waals surface area contributed by atoms with Crippen molar-refractivity contribution in [2.75, 3.05) is 25.4 Å². The van der Waals surface area contributed by atoms with Crippen molar-refractivity contribution in [1.82, 2.24) is 4.90 Å². The average Bonchev–Trinajstić information content (AvgIpc) is 2.27. The molecule has 0 N–H and O–H groups in total. The van der Waals surface area contributed by atoms with Gasteiger partial charge in [0.25, 0.3) is 0 Å². The van der Waals surface area contributed by atoms with Crippen LogP contribution in [0.25, 0.3) is 0 Å². The molecule has 4 heteroatoms. The topological polar surface area (TPSA) is 20.3 Å². The molecule has 0 aromatic heterocycles. The highest BCUT2D eigenvalue weighted by atomic mass is 79.9. The molecule has 0 bridgehead atoms. The van der Waals surface area contributed by atoms with Crippen molar-refractivity contribution in [2.24, 2.45) is 0 Å². The van der Waals surface area contributed by atoms with Gasteiger partial charge in [-0.25, -0.2) is 0 Å². The number of thioether (sulfide) groups is 1. The van der Waals surface area contributed by atoms with Gasteiger partial charge in [-0.05, 0) is 26.0 Å². The Morgan fingerprint density at radius 2 is 2.28 bits per heavy atom. The molecule has 2 rings (SSSR count). The smallest absolute Gasteiger partial charge is 0.176 e. The Morgan fingerprint density at radius 1 is 1.50 bits per heavy atom. The summed E-state index contributed by atoms with van der Waals surface area (Å²) in [6.45, 7) is 7.01. The number of carbonyl (C=O) groups is 1. The summed E-state index contributed by atoms with van der Waals surface area (Å²) in [6.07, 6.45) is 0. The Morgan fingerprint density at radius 3 is 2.94 bits per heavy atom. The molecule has 0 saturated carbocycles. The monoisotopic (exact) mass is 327 g/mol. The van der Waals surface area contributed by atoms with Crippen LogP contribution in [0.5, 0.6) is 0 Å². The molecule has 0 aliphatic carbocycles. The first-order valence-corrected chi connectivity index (χ1v) is 7.89. The summed E-state index contributed by atoms with van der Waals surface area (Å²) in [6, 6.07) is 7.63. The summed E-state index contributed by atoms with van der Waals surface area (Å²) in [5.74, 6) is 1.32. The van der Waals surface area contributed by atoms with Crippen molar-refractivity contribution >= 4 is 33.5 Å². The third kappa shape index (κ3) is 3.84. The lowest BCUT2D eigenvalue weighted by Crippen LogP contribution is -2.45. The lowest BCUT2D eigenvalue weighted by Gasteiger charge is -2.37. The van der Waals surface area contributed by atoms with Gasteiger partial charge < -0.3 is 0 Å². The molecule has 1 saturated heterocycles. The van der Waals surface area contributed by atoms with Gasteiger partial charge in [-0.2, -0.15) is 11.8 Å². The Kier molecular flexibility index (Phi) is 4.51. The second-order valence-corrected chi connectivity index (χ2v) is 7.97. The molecule has 1 aromatic carbocycles. The summed E-state index contributed by atoms with van der Waals surface area (Å²) in [4.78, 5) is 14.5. The number of halogens is 1. The first-order valence-electron chi connectivity index (χ1n) is 6.11. The largest absolute Gasteiger partial charge is 0.294 e. The van der Waals surface area contributed by atoms with Crippen LogP contribution < -0.4 is 0 Å². The van der Waals surface area contributed by atoms with E-state index in [1.54, 1.807) is 0 Å². The minimum absolute atomic E-state index is 0.207. The number of ketones is 1. The van der Waals surface area contributed by atoms with Crippen LogP contribution in [0.15, 0.2) is 28.7 Å². The summed E-state index contributed by atoms with van der Waals surface area (Å²) >= 11 is 5.39. The molecule has 1 aliphatic heterocycles. The number of benzene rings is 1. The molecule has 0 atom stereocenters. The molecule has 0 radical (unpaired) electrons. The second kappa shape index (κ2) is 5.76. The zero-order valence-electron chi connectivity index (χ0n) is 10.8. The van der Waals surface area contributed by atoms with Crippen molar-refractivity contribution in [3.8, 4) is 0 Å². The number of rotatable bonds is 3. The Labute approximate surface area is 121 Å². The minimum Gasteiger partial charge on any atom is -0.294 e. The van der Waals surface area contributed by atoms with E-state index in [0.29, 0.717) is 6.54 Å². The van der Waals surface area contributed by atoms with E-state index in [1.165, 1.54) is 0 Å². The van der Waals surface area contributed by atoms with Gasteiger partial charge in [0.2, 0.25) is 0 Å². The average molecular weight is 328 g/mol. The van der Waals surface area contributed by atoms with Crippen molar-refractivity contribution in [3.05, 3.63) is 34.3 Å². The molecular formula is C14H18BrNOS. The first-order chi connectivity index (χ1) is 8.46. The van der Waals surface area contributed by atoms with E-state index in [0.717, 1.165) is 28.9 Å². The number of Topliss-reactive ketones (excluding diaryl/α,β-unsaturated/α-hetero) is 1. The SMILES string of the molecule is CC1(C)CN(CC(=O)c2cccc(Br)c2)CCS1. The zero-order chi connectivity index (χ0) is 13.2. The third-order valence-corrected chi connectivity index (χ3v) is 4.81. The molecule has 1 heterocycles. The van der Waals surface area contributed by atoms with Crippen LogP contribution in [0.2, 0.25) is 0 Å². The van der Waals surface area contributed by atoms with E-state index in [4.69, 9.17) is 0 Å². The second-order valence-electron chi connectivity index (χ2n) is 5.25. The number of hydrogen-bond acceptors (Lipinski definition) is 3. The molecule has 1 aliphatic rings.